The van der Waals surface area contributed by atoms with Crippen molar-refractivity contribution < 1.29 is 4.79 Å². The summed E-state index contributed by atoms with van der Waals surface area (Å²) in [6.45, 7) is 0.697. The van der Waals surface area contributed by atoms with Crippen molar-refractivity contribution in [3.63, 3.8) is 0 Å². The van der Waals surface area contributed by atoms with Crippen LogP contribution in [0.4, 0.5) is 0 Å². The summed E-state index contributed by atoms with van der Waals surface area (Å²) in [6, 6.07) is 6.11. The van der Waals surface area contributed by atoms with Crippen molar-refractivity contribution in [1.29, 1.82) is 0 Å². The zero-order valence-electron chi connectivity index (χ0n) is 10.3. The van der Waals surface area contributed by atoms with Crippen LogP contribution in [0, 0.1) is 0 Å². The summed E-state index contributed by atoms with van der Waals surface area (Å²) in [5.41, 5.74) is 1.86. The normalized spacial score (nSPS) is 14.4. The number of amides is 1. The number of hydrogen-bond acceptors (Lipinski definition) is 3. The van der Waals surface area contributed by atoms with E-state index in [4.69, 9.17) is 0 Å². The van der Waals surface area contributed by atoms with Crippen molar-refractivity contribution in [2.75, 3.05) is 0 Å². The topological polar surface area (TPSA) is 33.2 Å². The van der Waals surface area contributed by atoms with Gasteiger partial charge < -0.3 is 4.90 Å². The van der Waals surface area contributed by atoms with Gasteiger partial charge in [0.15, 0.2) is 0 Å². The Hall–Kier alpha value is -1.20. The average Bonchev–Trinajstić information content (AvgIpc) is 3.13. The first-order chi connectivity index (χ1) is 9.24. The smallest absolute Gasteiger partial charge is 0.255 e. The fraction of sp³-hybridized carbons (Fsp3) is 0.286. The van der Waals surface area contributed by atoms with Gasteiger partial charge in [0.2, 0.25) is 0 Å². The molecule has 5 heteroatoms. The van der Waals surface area contributed by atoms with Crippen molar-refractivity contribution in [3.8, 4) is 0 Å². The van der Waals surface area contributed by atoms with E-state index in [1.807, 2.05) is 22.4 Å². The predicted molar refractivity (Wildman–Crippen MR) is 79.2 cm³/mol. The van der Waals surface area contributed by atoms with Gasteiger partial charge in [-0.05, 0) is 63.3 Å². The highest BCUT2D eigenvalue weighted by atomic mass is 79.9. The first-order valence-corrected chi connectivity index (χ1v) is 7.91. The van der Waals surface area contributed by atoms with E-state index in [2.05, 4.69) is 32.4 Å². The lowest BCUT2D eigenvalue weighted by atomic mass is 10.2. The van der Waals surface area contributed by atoms with Crippen molar-refractivity contribution in [2.45, 2.75) is 25.4 Å². The highest BCUT2D eigenvalue weighted by molar-refractivity contribution is 9.10. The summed E-state index contributed by atoms with van der Waals surface area (Å²) in [5.74, 6) is 0.0775. The quantitative estimate of drug-likeness (QED) is 0.797. The Morgan fingerprint density at radius 2 is 2.26 bits per heavy atom. The lowest BCUT2D eigenvalue weighted by Gasteiger charge is -2.22. The van der Waals surface area contributed by atoms with Gasteiger partial charge in [-0.15, -0.1) is 0 Å². The lowest BCUT2D eigenvalue weighted by molar-refractivity contribution is 0.0729. The van der Waals surface area contributed by atoms with Gasteiger partial charge in [-0.25, -0.2) is 4.98 Å². The molecule has 0 N–H and O–H groups in total. The molecule has 19 heavy (non-hydrogen) atoms. The number of rotatable bonds is 4. The van der Waals surface area contributed by atoms with Gasteiger partial charge in [0.25, 0.3) is 5.91 Å². The first-order valence-electron chi connectivity index (χ1n) is 6.17. The summed E-state index contributed by atoms with van der Waals surface area (Å²) in [5, 5.41) is 4.15. The predicted octanol–water partition coefficient (Wildman–Crippen LogP) is 3.71. The molecule has 0 atom stereocenters. The zero-order chi connectivity index (χ0) is 13.2. The van der Waals surface area contributed by atoms with Gasteiger partial charge in [0, 0.05) is 18.8 Å². The monoisotopic (exact) mass is 336 g/mol. The number of hydrogen-bond donors (Lipinski definition) is 0. The molecule has 1 amide bonds. The molecule has 0 aliphatic heterocycles. The maximum absolute atomic E-state index is 12.5. The number of aromatic nitrogens is 1. The molecule has 0 radical (unpaired) electrons. The molecule has 1 aliphatic rings. The minimum atomic E-state index is 0.0775. The van der Waals surface area contributed by atoms with Crippen LogP contribution < -0.4 is 0 Å². The van der Waals surface area contributed by atoms with Gasteiger partial charge in [0.1, 0.15) is 4.60 Å². The van der Waals surface area contributed by atoms with E-state index in [1.165, 1.54) is 5.56 Å². The second-order valence-corrected chi connectivity index (χ2v) is 6.26. The summed E-state index contributed by atoms with van der Waals surface area (Å²) < 4.78 is 0.750. The molecule has 3 nitrogen and oxygen atoms in total. The number of carbonyl (C=O) groups excluding carboxylic acids is 1. The number of thiophene rings is 1. The molecule has 0 spiro atoms. The fourth-order valence-electron chi connectivity index (χ4n) is 2.00. The van der Waals surface area contributed by atoms with Crippen LogP contribution in [0.2, 0.25) is 0 Å². The van der Waals surface area contributed by atoms with Gasteiger partial charge in [-0.2, -0.15) is 11.3 Å². The average molecular weight is 337 g/mol. The Bertz CT molecular complexity index is 564. The highest BCUT2D eigenvalue weighted by Crippen LogP contribution is 2.30. The zero-order valence-corrected chi connectivity index (χ0v) is 12.7. The van der Waals surface area contributed by atoms with Crippen LogP contribution >= 0.6 is 27.3 Å². The number of carbonyl (C=O) groups is 1. The van der Waals surface area contributed by atoms with Crippen LogP contribution in [0.15, 0.2) is 39.8 Å². The van der Waals surface area contributed by atoms with Crippen molar-refractivity contribution in [3.05, 3.63) is 50.9 Å². The Labute approximate surface area is 124 Å². The summed E-state index contributed by atoms with van der Waals surface area (Å²) in [4.78, 5) is 18.6. The van der Waals surface area contributed by atoms with Gasteiger partial charge >= 0.3 is 0 Å². The van der Waals surface area contributed by atoms with Gasteiger partial charge in [-0.1, -0.05) is 0 Å². The Balaban J connectivity index is 1.79. The number of nitrogens with zero attached hydrogens (tertiary/aromatic N) is 2. The maximum Gasteiger partial charge on any atom is 0.255 e. The first kappa shape index (κ1) is 12.8. The third-order valence-electron chi connectivity index (χ3n) is 3.16. The van der Waals surface area contributed by atoms with Crippen LogP contribution in [-0.2, 0) is 6.54 Å². The minimum Gasteiger partial charge on any atom is -0.331 e. The molecule has 3 rings (SSSR count). The van der Waals surface area contributed by atoms with E-state index in [0.29, 0.717) is 18.2 Å². The van der Waals surface area contributed by atoms with E-state index in [9.17, 15) is 4.79 Å². The maximum atomic E-state index is 12.5. The van der Waals surface area contributed by atoms with Crippen LogP contribution in [0.1, 0.15) is 28.8 Å². The molecule has 1 aliphatic carbocycles. The Kier molecular flexibility index (Phi) is 3.66. The minimum absolute atomic E-state index is 0.0775. The third-order valence-corrected chi connectivity index (χ3v) is 4.36. The second-order valence-electron chi connectivity index (χ2n) is 4.67. The van der Waals surface area contributed by atoms with Gasteiger partial charge in [-0.3, -0.25) is 4.79 Å². The molecule has 1 fully saturated rings. The van der Waals surface area contributed by atoms with Crippen LogP contribution in [0.25, 0.3) is 0 Å². The highest BCUT2D eigenvalue weighted by Gasteiger charge is 2.33. The van der Waals surface area contributed by atoms with E-state index < -0.39 is 0 Å². The lowest BCUT2D eigenvalue weighted by Crippen LogP contribution is -2.32. The molecular formula is C14H13BrN2OS. The summed E-state index contributed by atoms with van der Waals surface area (Å²) in [7, 11) is 0. The van der Waals surface area contributed by atoms with Gasteiger partial charge in [0.05, 0.1) is 5.56 Å². The number of halogens is 1. The van der Waals surface area contributed by atoms with E-state index in [0.717, 1.165) is 17.4 Å². The SMILES string of the molecule is O=C(c1ccc(Br)nc1)N(Cc1ccsc1)C1CC1. The molecule has 0 unspecified atom stereocenters. The summed E-state index contributed by atoms with van der Waals surface area (Å²) in [6.07, 6.45) is 3.86. The number of pyridine rings is 1. The van der Waals surface area contributed by atoms with Crippen LogP contribution in [-0.4, -0.2) is 21.8 Å². The molecule has 0 saturated heterocycles. The fourth-order valence-corrected chi connectivity index (χ4v) is 2.89. The molecule has 1 saturated carbocycles. The Morgan fingerprint density at radius 3 is 2.84 bits per heavy atom. The van der Waals surface area contributed by atoms with Crippen LogP contribution in [0.5, 0.6) is 0 Å². The van der Waals surface area contributed by atoms with Crippen LogP contribution in [0.3, 0.4) is 0 Å². The third kappa shape index (κ3) is 3.04. The summed E-state index contributed by atoms with van der Waals surface area (Å²) >= 11 is 4.95. The van der Waals surface area contributed by atoms with Crippen molar-refractivity contribution >= 4 is 33.2 Å². The van der Waals surface area contributed by atoms with Crippen molar-refractivity contribution in [1.82, 2.24) is 9.88 Å². The standard InChI is InChI=1S/C14H13BrN2OS/c15-13-4-1-11(7-16-13)14(18)17(12-2-3-12)8-10-5-6-19-9-10/h1,4-7,9,12H,2-3,8H2. The van der Waals surface area contributed by atoms with Crippen molar-refractivity contribution in [2.24, 2.45) is 0 Å². The molecule has 2 heterocycles. The largest absolute Gasteiger partial charge is 0.331 e. The molecule has 2 aromatic rings. The molecule has 0 aromatic carbocycles. The van der Waals surface area contributed by atoms with E-state index in [1.54, 1.807) is 17.5 Å². The Morgan fingerprint density at radius 1 is 1.42 bits per heavy atom. The molecule has 98 valence electrons. The molecule has 2 aromatic heterocycles. The van der Waals surface area contributed by atoms with E-state index in [-0.39, 0.29) is 5.91 Å². The van der Waals surface area contributed by atoms with E-state index >= 15 is 0 Å². The molecular weight excluding hydrogens is 324 g/mol. The second kappa shape index (κ2) is 5.43. The molecule has 0 bridgehead atoms.